The van der Waals surface area contributed by atoms with E-state index >= 15 is 0 Å². The van der Waals surface area contributed by atoms with Crippen LogP contribution in [0, 0.1) is 22.7 Å². The van der Waals surface area contributed by atoms with Crippen molar-refractivity contribution in [2.45, 2.75) is 43.6 Å². The fourth-order valence-corrected chi connectivity index (χ4v) is 1.66. The standard InChI is InChI=1S/C15H17BrN2/c1-14(2,9-17)12-5-11(8-16)6-13(7-12)15(3,4)10-18/h5-7H,8H2,1-4H3/i1D3,2D3,3D3,4D3. The summed E-state index contributed by atoms with van der Waals surface area (Å²) in [4.78, 5) is 0. The van der Waals surface area contributed by atoms with E-state index in [2.05, 4.69) is 15.9 Å². The molecular weight excluding hydrogens is 288 g/mol. The summed E-state index contributed by atoms with van der Waals surface area (Å²) in [6, 6.07) is 5.53. The Hall–Kier alpha value is -1.32. The van der Waals surface area contributed by atoms with E-state index in [0.29, 0.717) is 0 Å². The van der Waals surface area contributed by atoms with Crippen molar-refractivity contribution in [3.8, 4) is 12.1 Å². The molecule has 0 atom stereocenters. The SMILES string of the molecule is [2H]C([2H])([2H])C(C#N)(c1cc(CBr)cc(C(C#N)(C([2H])([2H])[2H])C([2H])([2H])[2H])c1)C([2H])([2H])[2H]. The number of halogens is 1. The second-order valence-electron chi connectivity index (χ2n) is 3.78. The number of hydrogen-bond acceptors (Lipinski definition) is 2. The quantitative estimate of drug-likeness (QED) is 0.785. The molecule has 0 radical (unpaired) electrons. The van der Waals surface area contributed by atoms with Crippen molar-refractivity contribution in [1.82, 2.24) is 0 Å². The Morgan fingerprint density at radius 3 is 1.78 bits per heavy atom. The average molecular weight is 317 g/mol. The smallest absolute Gasteiger partial charge is 0.0766 e. The molecule has 3 heteroatoms. The normalized spacial score (nSPS) is 24.4. The van der Waals surface area contributed by atoms with Crippen molar-refractivity contribution in [1.29, 1.82) is 10.5 Å². The Balaban J connectivity index is 4.24. The van der Waals surface area contributed by atoms with E-state index in [1.54, 1.807) is 0 Å². The van der Waals surface area contributed by atoms with Crippen LogP contribution in [0.15, 0.2) is 18.2 Å². The van der Waals surface area contributed by atoms with Gasteiger partial charge in [-0.25, -0.2) is 0 Å². The van der Waals surface area contributed by atoms with Crippen LogP contribution in [0.3, 0.4) is 0 Å². The highest BCUT2D eigenvalue weighted by atomic mass is 79.9. The summed E-state index contributed by atoms with van der Waals surface area (Å²) < 4.78 is 92.7. The van der Waals surface area contributed by atoms with Gasteiger partial charge in [0.1, 0.15) is 0 Å². The Bertz CT molecular complexity index is 784. The topological polar surface area (TPSA) is 47.6 Å². The Labute approximate surface area is 134 Å². The maximum Gasteiger partial charge on any atom is 0.0766 e. The summed E-state index contributed by atoms with van der Waals surface area (Å²) >= 11 is 3.08. The molecule has 0 aliphatic carbocycles. The predicted molar refractivity (Wildman–Crippen MR) is 76.4 cm³/mol. The third kappa shape index (κ3) is 2.92. The molecule has 1 rings (SSSR count). The van der Waals surface area contributed by atoms with E-state index in [4.69, 9.17) is 16.4 Å². The zero-order valence-corrected chi connectivity index (χ0v) is 10.8. The minimum absolute atomic E-state index is 0.0547. The van der Waals surface area contributed by atoms with Crippen molar-refractivity contribution in [2.75, 3.05) is 0 Å². The van der Waals surface area contributed by atoms with Crippen LogP contribution in [0.4, 0.5) is 0 Å². The molecule has 0 bridgehead atoms. The van der Waals surface area contributed by atoms with Crippen molar-refractivity contribution in [3.05, 3.63) is 34.9 Å². The van der Waals surface area contributed by atoms with Crippen LogP contribution in [0.1, 0.15) is 60.5 Å². The summed E-state index contributed by atoms with van der Waals surface area (Å²) in [6.45, 7) is -13.5. The minimum Gasteiger partial charge on any atom is -0.197 e. The second-order valence-corrected chi connectivity index (χ2v) is 4.34. The van der Waals surface area contributed by atoms with E-state index in [1.807, 2.05) is 0 Å². The molecule has 1 aromatic rings. The molecule has 0 fully saturated rings. The average Bonchev–Trinajstić information content (AvgIpc) is 2.51. The number of benzene rings is 1. The fraction of sp³-hybridized carbons (Fsp3) is 0.467. The molecule has 0 aromatic heterocycles. The zero-order valence-electron chi connectivity index (χ0n) is 21.2. The number of nitrogens with zero attached hydrogens (tertiary/aromatic N) is 2. The Kier molecular flexibility index (Phi) is 1.42. The van der Waals surface area contributed by atoms with Crippen molar-refractivity contribution in [2.24, 2.45) is 0 Å². The molecule has 0 N–H and O–H groups in total. The van der Waals surface area contributed by atoms with Crippen LogP contribution in [0.5, 0.6) is 0 Å². The third-order valence-corrected chi connectivity index (χ3v) is 3.00. The van der Waals surface area contributed by atoms with Crippen molar-refractivity contribution in [3.63, 3.8) is 0 Å². The highest BCUT2D eigenvalue weighted by Crippen LogP contribution is 2.30. The lowest BCUT2D eigenvalue weighted by molar-refractivity contribution is 0.660. The second kappa shape index (κ2) is 5.12. The van der Waals surface area contributed by atoms with Gasteiger partial charge in [-0.3, -0.25) is 0 Å². The number of hydrogen-bond donors (Lipinski definition) is 0. The zero-order chi connectivity index (χ0) is 24.0. The molecule has 0 saturated carbocycles. The maximum atomic E-state index is 9.67. The van der Waals surface area contributed by atoms with Crippen molar-refractivity contribution < 1.29 is 16.4 Å². The highest BCUT2D eigenvalue weighted by molar-refractivity contribution is 9.08. The van der Waals surface area contributed by atoms with E-state index in [-0.39, 0.29) is 10.9 Å². The summed E-state index contributed by atoms with van der Waals surface area (Å²) in [5.74, 6) is 0. The fourth-order valence-electron chi connectivity index (χ4n) is 1.33. The lowest BCUT2D eigenvalue weighted by Crippen LogP contribution is -2.19. The van der Waals surface area contributed by atoms with Crippen LogP contribution < -0.4 is 0 Å². The van der Waals surface area contributed by atoms with E-state index in [0.717, 1.165) is 18.2 Å². The molecule has 1 aromatic carbocycles. The summed E-state index contributed by atoms with van der Waals surface area (Å²) in [5.41, 5.74) is -7.31. The van der Waals surface area contributed by atoms with Gasteiger partial charge in [-0.15, -0.1) is 0 Å². The van der Waals surface area contributed by atoms with Gasteiger partial charge in [-0.2, -0.15) is 10.5 Å². The molecule has 2 nitrogen and oxygen atoms in total. The van der Waals surface area contributed by atoms with E-state index < -0.39 is 49.4 Å². The van der Waals surface area contributed by atoms with Crippen molar-refractivity contribution >= 4 is 15.9 Å². The first-order valence-electron chi connectivity index (χ1n) is 10.8. The molecular formula is C15H17BrN2. The van der Waals surface area contributed by atoms with E-state index in [9.17, 15) is 10.5 Å². The van der Waals surface area contributed by atoms with Crippen LogP contribution in [0.2, 0.25) is 0 Å². The molecule has 0 spiro atoms. The summed E-state index contributed by atoms with van der Waals surface area (Å²) in [5, 5.41) is 19.3. The van der Waals surface area contributed by atoms with Gasteiger partial charge >= 0.3 is 0 Å². The van der Waals surface area contributed by atoms with Gasteiger partial charge in [0.2, 0.25) is 0 Å². The van der Waals surface area contributed by atoms with Gasteiger partial charge in [0.25, 0.3) is 0 Å². The Morgan fingerprint density at radius 1 is 1.06 bits per heavy atom. The van der Waals surface area contributed by atoms with Gasteiger partial charge in [0.15, 0.2) is 0 Å². The number of alkyl halides is 1. The van der Waals surface area contributed by atoms with Crippen LogP contribution in [-0.4, -0.2) is 0 Å². The van der Waals surface area contributed by atoms with Gasteiger partial charge in [0.05, 0.1) is 23.0 Å². The lowest BCUT2D eigenvalue weighted by atomic mass is 9.79. The maximum absolute atomic E-state index is 9.67. The summed E-state index contributed by atoms with van der Waals surface area (Å²) in [6.07, 6.45) is 0. The largest absolute Gasteiger partial charge is 0.197 e. The first-order valence-corrected chi connectivity index (χ1v) is 5.92. The molecule has 0 aliphatic rings. The molecule has 0 amide bonds. The molecule has 0 unspecified atom stereocenters. The first-order chi connectivity index (χ1) is 13.3. The number of rotatable bonds is 3. The van der Waals surface area contributed by atoms with Gasteiger partial charge < -0.3 is 0 Å². The van der Waals surface area contributed by atoms with Crippen LogP contribution >= 0.6 is 15.9 Å². The first kappa shape index (κ1) is 4.99. The molecule has 18 heavy (non-hydrogen) atoms. The lowest BCUT2D eigenvalue weighted by Gasteiger charge is -2.22. The van der Waals surface area contributed by atoms with Crippen LogP contribution in [0.25, 0.3) is 0 Å². The minimum atomic E-state index is -3.38. The van der Waals surface area contributed by atoms with E-state index in [1.165, 1.54) is 12.1 Å². The monoisotopic (exact) mass is 316 g/mol. The molecule has 0 saturated heterocycles. The highest BCUT2D eigenvalue weighted by Gasteiger charge is 2.25. The number of nitriles is 2. The molecule has 0 heterocycles. The Morgan fingerprint density at radius 2 is 1.50 bits per heavy atom. The predicted octanol–water partition coefficient (Wildman–Crippen LogP) is 4.18. The van der Waals surface area contributed by atoms with Crippen LogP contribution in [-0.2, 0) is 16.2 Å². The van der Waals surface area contributed by atoms with Gasteiger partial charge in [0, 0.05) is 21.8 Å². The van der Waals surface area contributed by atoms with Gasteiger partial charge in [-0.05, 0) is 44.1 Å². The molecule has 0 aliphatic heterocycles. The third-order valence-electron chi connectivity index (χ3n) is 2.35. The van der Waals surface area contributed by atoms with Gasteiger partial charge in [-0.1, -0.05) is 34.1 Å². The summed E-state index contributed by atoms with van der Waals surface area (Å²) in [7, 11) is 0. The molecule has 94 valence electrons.